The lowest BCUT2D eigenvalue weighted by atomic mass is 9.75. The van der Waals surface area contributed by atoms with E-state index < -0.39 is 11.8 Å². The maximum Gasteiger partial charge on any atom is 0.276 e. The molecule has 0 aromatic rings. The van der Waals surface area contributed by atoms with Crippen LogP contribution in [0.5, 0.6) is 0 Å². The molecule has 16 heavy (non-hydrogen) atoms. The minimum absolute atomic E-state index is 0. The molecule has 0 aromatic heterocycles. The molecule has 0 heterocycles. The molecule has 1 fully saturated rings. The monoisotopic (exact) mass is 251 g/mol. The van der Waals surface area contributed by atoms with Crippen LogP contribution >= 0.6 is 12.4 Å². The van der Waals surface area contributed by atoms with Crippen molar-refractivity contribution in [3.63, 3.8) is 0 Å². The first-order valence-electron chi connectivity index (χ1n) is 5.13. The van der Waals surface area contributed by atoms with Crippen molar-refractivity contribution in [2.45, 2.75) is 31.2 Å². The summed E-state index contributed by atoms with van der Waals surface area (Å²) in [5.41, 5.74) is 6.51. The summed E-state index contributed by atoms with van der Waals surface area (Å²) in [6, 6.07) is 0.0134. The number of methoxy groups -OCH3 is 1. The van der Waals surface area contributed by atoms with Gasteiger partial charge in [0.25, 0.3) is 5.92 Å². The van der Waals surface area contributed by atoms with Gasteiger partial charge in [-0.15, -0.1) is 12.4 Å². The number of hydrogen-bond acceptors (Lipinski definition) is 2. The van der Waals surface area contributed by atoms with E-state index in [9.17, 15) is 8.78 Å². The summed E-state index contributed by atoms with van der Waals surface area (Å²) in [6.07, 6.45) is 4.32. The van der Waals surface area contributed by atoms with E-state index in [1.165, 1.54) is 7.11 Å². The normalized spacial score (nSPS) is 31.8. The first-order chi connectivity index (χ1) is 7.03. The highest BCUT2D eigenvalue weighted by atomic mass is 35.5. The SMILES string of the molecule is COC1=CC(F)(F)[C@H]2CC[C@@H](N)CC2=C1.Cl. The zero-order chi connectivity index (χ0) is 11.1. The lowest BCUT2D eigenvalue weighted by molar-refractivity contribution is -0.0109. The van der Waals surface area contributed by atoms with E-state index in [1.807, 2.05) is 0 Å². The van der Waals surface area contributed by atoms with Crippen molar-refractivity contribution in [1.29, 1.82) is 0 Å². The second kappa shape index (κ2) is 4.72. The van der Waals surface area contributed by atoms with Crippen molar-refractivity contribution >= 4 is 12.4 Å². The number of rotatable bonds is 1. The fraction of sp³-hybridized carbons (Fsp3) is 0.636. The van der Waals surface area contributed by atoms with Crippen LogP contribution < -0.4 is 5.73 Å². The Kier molecular flexibility index (Phi) is 3.97. The van der Waals surface area contributed by atoms with Gasteiger partial charge in [-0.05, 0) is 25.3 Å². The fourth-order valence-electron chi connectivity index (χ4n) is 2.34. The maximum absolute atomic E-state index is 13.7. The molecule has 2 atom stereocenters. The Morgan fingerprint density at radius 2 is 2.12 bits per heavy atom. The van der Waals surface area contributed by atoms with Crippen molar-refractivity contribution in [1.82, 2.24) is 0 Å². The van der Waals surface area contributed by atoms with E-state index in [2.05, 4.69) is 0 Å². The molecule has 0 spiro atoms. The van der Waals surface area contributed by atoms with E-state index in [4.69, 9.17) is 10.5 Å². The highest BCUT2D eigenvalue weighted by Gasteiger charge is 2.44. The summed E-state index contributed by atoms with van der Waals surface area (Å²) < 4.78 is 32.2. The average Bonchev–Trinajstić information content (AvgIpc) is 2.15. The minimum atomic E-state index is -2.78. The van der Waals surface area contributed by atoms with Crippen molar-refractivity contribution in [2.24, 2.45) is 11.7 Å². The Labute approximate surface area is 99.9 Å². The van der Waals surface area contributed by atoms with Gasteiger partial charge in [0.2, 0.25) is 0 Å². The number of allylic oxidation sites excluding steroid dienone is 2. The molecule has 0 unspecified atom stereocenters. The quantitative estimate of drug-likeness (QED) is 0.778. The van der Waals surface area contributed by atoms with Gasteiger partial charge in [0.05, 0.1) is 7.11 Å². The average molecular weight is 252 g/mol. The molecule has 0 saturated heterocycles. The van der Waals surface area contributed by atoms with E-state index in [0.29, 0.717) is 19.3 Å². The molecule has 1 saturated carbocycles. The van der Waals surface area contributed by atoms with Gasteiger partial charge in [-0.3, -0.25) is 0 Å². The molecule has 2 N–H and O–H groups in total. The van der Waals surface area contributed by atoms with Crippen LogP contribution in [0, 0.1) is 5.92 Å². The molecule has 5 heteroatoms. The molecular weight excluding hydrogens is 236 g/mol. The highest BCUT2D eigenvalue weighted by Crippen LogP contribution is 2.44. The molecular formula is C11H16ClF2NO. The lowest BCUT2D eigenvalue weighted by Gasteiger charge is -2.36. The summed E-state index contributed by atoms with van der Waals surface area (Å²) in [5.74, 6) is -3.20. The smallest absolute Gasteiger partial charge is 0.276 e. The number of halogens is 3. The number of fused-ring (bicyclic) bond motifs is 1. The topological polar surface area (TPSA) is 35.2 Å². The van der Waals surface area contributed by atoms with Crippen LogP contribution in [-0.2, 0) is 4.74 Å². The third-order valence-electron chi connectivity index (χ3n) is 3.13. The molecule has 0 amide bonds. The molecule has 2 aliphatic carbocycles. The van der Waals surface area contributed by atoms with Crippen LogP contribution in [0.3, 0.4) is 0 Å². The Morgan fingerprint density at radius 1 is 1.44 bits per heavy atom. The van der Waals surface area contributed by atoms with Crippen molar-refractivity contribution < 1.29 is 13.5 Å². The largest absolute Gasteiger partial charge is 0.497 e. The van der Waals surface area contributed by atoms with Crippen LogP contribution in [0.1, 0.15) is 19.3 Å². The summed E-state index contributed by atoms with van der Waals surface area (Å²) in [6.45, 7) is 0. The molecule has 2 nitrogen and oxygen atoms in total. The van der Waals surface area contributed by atoms with E-state index in [0.717, 1.165) is 11.6 Å². The summed E-state index contributed by atoms with van der Waals surface area (Å²) in [7, 11) is 1.40. The predicted molar refractivity (Wildman–Crippen MR) is 60.7 cm³/mol. The van der Waals surface area contributed by atoms with Gasteiger partial charge in [-0.1, -0.05) is 5.57 Å². The molecule has 92 valence electrons. The Morgan fingerprint density at radius 3 is 2.75 bits per heavy atom. The van der Waals surface area contributed by atoms with E-state index in [1.54, 1.807) is 6.08 Å². The molecule has 2 rings (SSSR count). The molecule has 0 bridgehead atoms. The molecule has 0 aliphatic heterocycles. The van der Waals surface area contributed by atoms with Crippen LogP contribution in [-0.4, -0.2) is 19.1 Å². The Bertz CT molecular complexity index is 328. The molecule has 0 aromatic carbocycles. The van der Waals surface area contributed by atoms with Crippen molar-refractivity contribution in [2.75, 3.05) is 7.11 Å². The highest BCUT2D eigenvalue weighted by molar-refractivity contribution is 5.85. The van der Waals surface area contributed by atoms with E-state index in [-0.39, 0.29) is 24.2 Å². The summed E-state index contributed by atoms with van der Waals surface area (Å²) in [5, 5.41) is 0. The van der Waals surface area contributed by atoms with Gasteiger partial charge >= 0.3 is 0 Å². The third kappa shape index (κ3) is 2.38. The van der Waals surface area contributed by atoms with Gasteiger partial charge in [-0.25, -0.2) is 8.78 Å². The lowest BCUT2D eigenvalue weighted by Crippen LogP contribution is -2.38. The standard InChI is InChI=1S/C11H15F2NO.ClH/c1-15-9-5-7-4-8(14)2-3-10(7)11(12,13)6-9;/h5-6,8,10H,2-4,14H2,1H3;1H/t8-,10+;/m1./s1. The van der Waals surface area contributed by atoms with Crippen molar-refractivity contribution in [3.05, 3.63) is 23.5 Å². The van der Waals surface area contributed by atoms with Crippen molar-refractivity contribution in [3.8, 4) is 0 Å². The molecule has 2 aliphatic rings. The van der Waals surface area contributed by atoms with Gasteiger partial charge in [0.15, 0.2) is 0 Å². The van der Waals surface area contributed by atoms with E-state index >= 15 is 0 Å². The summed E-state index contributed by atoms with van der Waals surface area (Å²) >= 11 is 0. The van der Waals surface area contributed by atoms with Crippen LogP contribution in [0.25, 0.3) is 0 Å². The van der Waals surface area contributed by atoms with Gasteiger partial charge < -0.3 is 10.5 Å². The first kappa shape index (κ1) is 13.5. The number of hydrogen-bond donors (Lipinski definition) is 1. The molecule has 0 radical (unpaired) electrons. The third-order valence-corrected chi connectivity index (χ3v) is 3.13. The van der Waals surface area contributed by atoms with Crippen LogP contribution in [0.4, 0.5) is 8.78 Å². The second-order valence-electron chi connectivity index (χ2n) is 4.24. The zero-order valence-electron chi connectivity index (χ0n) is 9.08. The Hall–Kier alpha value is -0.610. The second-order valence-corrected chi connectivity index (χ2v) is 4.24. The predicted octanol–water partition coefficient (Wildman–Crippen LogP) is 2.64. The number of nitrogens with two attached hydrogens (primary N) is 1. The minimum Gasteiger partial charge on any atom is -0.497 e. The number of alkyl halides is 2. The first-order valence-corrected chi connectivity index (χ1v) is 5.13. The Balaban J connectivity index is 0.00000128. The number of ether oxygens (including phenoxy) is 1. The summed E-state index contributed by atoms with van der Waals surface area (Å²) in [4.78, 5) is 0. The van der Waals surface area contributed by atoms with Crippen LogP contribution in [0.15, 0.2) is 23.5 Å². The van der Waals surface area contributed by atoms with Gasteiger partial charge in [-0.2, -0.15) is 0 Å². The van der Waals surface area contributed by atoms with Gasteiger partial charge in [0, 0.05) is 18.0 Å². The maximum atomic E-state index is 13.7. The van der Waals surface area contributed by atoms with Crippen LogP contribution in [0.2, 0.25) is 0 Å². The fourth-order valence-corrected chi connectivity index (χ4v) is 2.34. The zero-order valence-corrected chi connectivity index (χ0v) is 9.90. The van der Waals surface area contributed by atoms with Gasteiger partial charge in [0.1, 0.15) is 5.76 Å².